The van der Waals surface area contributed by atoms with Gasteiger partial charge in [0, 0.05) is 13.1 Å². The first-order valence-corrected chi connectivity index (χ1v) is 9.24. The lowest BCUT2D eigenvalue weighted by atomic mass is 9.82. The monoisotopic (exact) mass is 343 g/mol. The lowest BCUT2D eigenvalue weighted by Crippen LogP contribution is -2.29. The standard InChI is InChI=1S/C15H18ClNO4S/c16-14-7-12(5-6-13(14)15(18)19)22(20,21)17-8-10-3-1-2-4-11(10)9-17/h5-7,10-11H,1-4,8-9H2,(H,18,19)/t10-,11+. The minimum Gasteiger partial charge on any atom is -0.478 e. The first-order valence-electron chi connectivity index (χ1n) is 7.42. The Bertz CT molecular complexity index is 689. The number of benzene rings is 1. The number of carboxylic acid groups (broad SMARTS) is 1. The summed E-state index contributed by atoms with van der Waals surface area (Å²) in [5, 5.41) is 8.92. The van der Waals surface area contributed by atoms with E-state index in [0.29, 0.717) is 24.9 Å². The highest BCUT2D eigenvalue weighted by atomic mass is 35.5. The molecule has 0 radical (unpaired) electrons. The molecule has 3 rings (SSSR count). The summed E-state index contributed by atoms with van der Waals surface area (Å²) in [5.74, 6) is -0.254. The maximum Gasteiger partial charge on any atom is 0.337 e. The van der Waals surface area contributed by atoms with Gasteiger partial charge >= 0.3 is 5.97 Å². The van der Waals surface area contributed by atoms with Crippen LogP contribution in [0.25, 0.3) is 0 Å². The number of sulfonamides is 1. The third-order valence-corrected chi connectivity index (χ3v) is 6.89. The lowest BCUT2D eigenvalue weighted by Gasteiger charge is -2.22. The molecule has 0 bridgehead atoms. The van der Waals surface area contributed by atoms with Crippen molar-refractivity contribution < 1.29 is 18.3 Å². The number of rotatable bonds is 3. The summed E-state index contributed by atoms with van der Waals surface area (Å²) in [6.07, 6.45) is 4.53. The van der Waals surface area contributed by atoms with E-state index < -0.39 is 16.0 Å². The molecule has 2 aliphatic rings. The quantitative estimate of drug-likeness (QED) is 0.915. The summed E-state index contributed by atoms with van der Waals surface area (Å²) in [6.45, 7) is 1.12. The Morgan fingerprint density at radius 1 is 1.18 bits per heavy atom. The predicted molar refractivity (Wildman–Crippen MR) is 82.6 cm³/mol. The van der Waals surface area contributed by atoms with Gasteiger partial charge < -0.3 is 5.11 Å². The van der Waals surface area contributed by atoms with Gasteiger partial charge in [-0.1, -0.05) is 24.4 Å². The SMILES string of the molecule is O=C(O)c1ccc(S(=O)(=O)N2C[C@H]3CCCC[C@H]3C2)cc1Cl. The van der Waals surface area contributed by atoms with E-state index in [1.54, 1.807) is 0 Å². The summed E-state index contributed by atoms with van der Waals surface area (Å²) in [6, 6.07) is 3.82. The Morgan fingerprint density at radius 3 is 2.27 bits per heavy atom. The molecule has 2 atom stereocenters. The van der Waals surface area contributed by atoms with E-state index in [1.165, 1.54) is 35.3 Å². The Labute approximate surface area is 134 Å². The number of carboxylic acids is 1. The van der Waals surface area contributed by atoms with Gasteiger partial charge in [0.15, 0.2) is 0 Å². The smallest absolute Gasteiger partial charge is 0.337 e. The van der Waals surface area contributed by atoms with Crippen molar-refractivity contribution >= 4 is 27.6 Å². The van der Waals surface area contributed by atoms with Crippen molar-refractivity contribution in [1.82, 2.24) is 4.31 Å². The van der Waals surface area contributed by atoms with E-state index in [0.717, 1.165) is 12.8 Å². The Balaban J connectivity index is 1.87. The van der Waals surface area contributed by atoms with E-state index in [-0.39, 0.29) is 15.5 Å². The number of nitrogens with zero attached hydrogens (tertiary/aromatic N) is 1. The van der Waals surface area contributed by atoms with Gasteiger partial charge in [0.2, 0.25) is 10.0 Å². The van der Waals surface area contributed by atoms with Gasteiger partial charge in [-0.3, -0.25) is 0 Å². The van der Waals surface area contributed by atoms with Crippen LogP contribution in [0.5, 0.6) is 0 Å². The van der Waals surface area contributed by atoms with E-state index in [9.17, 15) is 13.2 Å². The van der Waals surface area contributed by atoms with Crippen LogP contribution in [0.15, 0.2) is 23.1 Å². The van der Waals surface area contributed by atoms with Crippen LogP contribution in [0.2, 0.25) is 5.02 Å². The Hall–Kier alpha value is -1.11. The van der Waals surface area contributed by atoms with E-state index in [4.69, 9.17) is 16.7 Å². The molecule has 0 unspecified atom stereocenters. The second-order valence-corrected chi connectivity index (χ2v) is 8.42. The molecule has 0 amide bonds. The summed E-state index contributed by atoms with van der Waals surface area (Å²) < 4.78 is 27.0. The first-order chi connectivity index (χ1) is 10.4. The van der Waals surface area contributed by atoms with Crippen LogP contribution in [0.3, 0.4) is 0 Å². The molecule has 1 N–H and O–H groups in total. The summed E-state index contributed by atoms with van der Waals surface area (Å²) in [7, 11) is -3.61. The van der Waals surface area contributed by atoms with Crippen molar-refractivity contribution in [1.29, 1.82) is 0 Å². The van der Waals surface area contributed by atoms with Gasteiger partial charge in [-0.05, 0) is 42.9 Å². The molecular weight excluding hydrogens is 326 g/mol. The highest BCUT2D eigenvalue weighted by Crippen LogP contribution is 2.38. The number of fused-ring (bicyclic) bond motifs is 1. The lowest BCUT2D eigenvalue weighted by molar-refractivity contribution is 0.0697. The van der Waals surface area contributed by atoms with Gasteiger partial charge in [0.05, 0.1) is 15.5 Å². The van der Waals surface area contributed by atoms with Crippen LogP contribution in [-0.2, 0) is 10.0 Å². The zero-order valence-corrected chi connectivity index (χ0v) is 13.6. The fourth-order valence-corrected chi connectivity index (χ4v) is 5.44. The molecule has 5 nitrogen and oxygen atoms in total. The Kier molecular flexibility index (Phi) is 4.18. The fourth-order valence-electron chi connectivity index (χ4n) is 3.54. The molecule has 1 aliphatic heterocycles. The van der Waals surface area contributed by atoms with Gasteiger partial charge in [-0.15, -0.1) is 0 Å². The van der Waals surface area contributed by atoms with Crippen LogP contribution in [-0.4, -0.2) is 36.9 Å². The average Bonchev–Trinajstić information content (AvgIpc) is 2.91. The van der Waals surface area contributed by atoms with Gasteiger partial charge in [-0.2, -0.15) is 4.31 Å². The van der Waals surface area contributed by atoms with Crippen LogP contribution >= 0.6 is 11.6 Å². The molecule has 1 aromatic rings. The van der Waals surface area contributed by atoms with Crippen molar-refractivity contribution in [2.45, 2.75) is 30.6 Å². The van der Waals surface area contributed by atoms with Crippen LogP contribution < -0.4 is 0 Å². The fraction of sp³-hybridized carbons (Fsp3) is 0.533. The van der Waals surface area contributed by atoms with Crippen molar-refractivity contribution in [2.24, 2.45) is 11.8 Å². The molecular formula is C15H18ClNO4S. The molecule has 1 saturated carbocycles. The van der Waals surface area contributed by atoms with Crippen LogP contribution in [0.1, 0.15) is 36.0 Å². The molecule has 120 valence electrons. The molecule has 0 spiro atoms. The Morgan fingerprint density at radius 2 is 1.77 bits per heavy atom. The zero-order chi connectivity index (χ0) is 15.9. The number of carbonyl (C=O) groups is 1. The molecule has 0 aromatic heterocycles. The molecule has 7 heteroatoms. The summed E-state index contributed by atoms with van der Waals surface area (Å²) in [4.78, 5) is 11.0. The largest absolute Gasteiger partial charge is 0.478 e. The number of halogens is 1. The molecule has 22 heavy (non-hydrogen) atoms. The van der Waals surface area contributed by atoms with E-state index in [2.05, 4.69) is 0 Å². The molecule has 1 aromatic carbocycles. The minimum absolute atomic E-state index is 0.0508. The van der Waals surface area contributed by atoms with Gasteiger partial charge in [0.1, 0.15) is 0 Å². The third-order valence-electron chi connectivity index (χ3n) is 4.75. The normalized spacial score (nSPS) is 25.9. The topological polar surface area (TPSA) is 74.7 Å². The number of aromatic carboxylic acids is 1. The van der Waals surface area contributed by atoms with Crippen molar-refractivity contribution in [3.8, 4) is 0 Å². The average molecular weight is 344 g/mol. The van der Waals surface area contributed by atoms with Crippen LogP contribution in [0, 0.1) is 11.8 Å². The molecule has 2 fully saturated rings. The second kappa shape index (κ2) is 5.83. The summed E-state index contributed by atoms with van der Waals surface area (Å²) in [5.41, 5.74) is -0.0873. The highest BCUT2D eigenvalue weighted by Gasteiger charge is 2.40. The van der Waals surface area contributed by atoms with Crippen LogP contribution in [0.4, 0.5) is 0 Å². The minimum atomic E-state index is -3.61. The van der Waals surface area contributed by atoms with Gasteiger partial charge in [0.25, 0.3) is 0 Å². The number of hydrogen-bond acceptors (Lipinski definition) is 3. The first kappa shape index (κ1) is 15.8. The zero-order valence-electron chi connectivity index (χ0n) is 12.0. The second-order valence-electron chi connectivity index (χ2n) is 6.07. The third kappa shape index (κ3) is 2.75. The van der Waals surface area contributed by atoms with Crippen molar-refractivity contribution in [2.75, 3.05) is 13.1 Å². The molecule has 1 aliphatic carbocycles. The predicted octanol–water partition coefficient (Wildman–Crippen LogP) is 2.85. The highest BCUT2D eigenvalue weighted by molar-refractivity contribution is 7.89. The molecule has 1 heterocycles. The summed E-state index contributed by atoms with van der Waals surface area (Å²) >= 11 is 5.90. The van der Waals surface area contributed by atoms with E-state index >= 15 is 0 Å². The maximum absolute atomic E-state index is 12.7. The number of hydrogen-bond donors (Lipinski definition) is 1. The molecule has 1 saturated heterocycles. The van der Waals surface area contributed by atoms with Crippen molar-refractivity contribution in [3.05, 3.63) is 28.8 Å². The van der Waals surface area contributed by atoms with Gasteiger partial charge in [-0.25, -0.2) is 13.2 Å². The van der Waals surface area contributed by atoms with E-state index in [1.807, 2.05) is 0 Å². The maximum atomic E-state index is 12.7. The van der Waals surface area contributed by atoms with Crippen molar-refractivity contribution in [3.63, 3.8) is 0 Å².